The second kappa shape index (κ2) is 6.02. The summed E-state index contributed by atoms with van der Waals surface area (Å²) in [4.78, 5) is 0. The third kappa shape index (κ3) is 2.85. The van der Waals surface area contributed by atoms with E-state index in [1.807, 2.05) is 24.3 Å². The summed E-state index contributed by atoms with van der Waals surface area (Å²) in [6.07, 6.45) is 0. The Morgan fingerprint density at radius 2 is 1.15 bits per heavy atom. The van der Waals surface area contributed by atoms with Crippen LogP contribution in [0.15, 0.2) is 48.5 Å². The number of nitrogens with one attached hydrogen (secondary N) is 2. The van der Waals surface area contributed by atoms with E-state index in [-0.39, 0.29) is 11.4 Å². The van der Waals surface area contributed by atoms with E-state index in [9.17, 15) is 0 Å². The molecule has 0 aliphatic carbocycles. The van der Waals surface area contributed by atoms with Gasteiger partial charge in [-0.3, -0.25) is 10.8 Å². The second-order valence-corrected chi connectivity index (χ2v) is 4.21. The van der Waals surface area contributed by atoms with Gasteiger partial charge in [0.2, 0.25) is 0 Å². The molecule has 0 aliphatic rings. The van der Waals surface area contributed by atoms with Crippen LogP contribution in [0.5, 0.6) is 11.5 Å². The van der Waals surface area contributed by atoms with Crippen molar-refractivity contribution in [3.8, 4) is 11.5 Å². The SMILES string of the molecule is COc1cccc(C(=N)C(=N)c2cccc(OC)c2)c1. The van der Waals surface area contributed by atoms with Crippen LogP contribution in [0.4, 0.5) is 0 Å². The van der Waals surface area contributed by atoms with Crippen molar-refractivity contribution < 1.29 is 9.47 Å². The number of benzene rings is 2. The van der Waals surface area contributed by atoms with Crippen molar-refractivity contribution in [1.82, 2.24) is 0 Å². The van der Waals surface area contributed by atoms with Gasteiger partial charge in [-0.1, -0.05) is 24.3 Å². The molecule has 2 aromatic carbocycles. The predicted molar refractivity (Wildman–Crippen MR) is 79.6 cm³/mol. The van der Waals surface area contributed by atoms with Crippen molar-refractivity contribution in [2.24, 2.45) is 0 Å². The van der Waals surface area contributed by atoms with Crippen molar-refractivity contribution in [2.45, 2.75) is 0 Å². The molecule has 0 aliphatic heterocycles. The zero-order valence-corrected chi connectivity index (χ0v) is 11.4. The molecule has 0 fully saturated rings. The van der Waals surface area contributed by atoms with E-state index in [0.717, 1.165) is 0 Å². The van der Waals surface area contributed by atoms with Crippen molar-refractivity contribution in [2.75, 3.05) is 14.2 Å². The highest BCUT2D eigenvalue weighted by Gasteiger charge is 2.11. The van der Waals surface area contributed by atoms with Crippen molar-refractivity contribution >= 4 is 11.4 Å². The summed E-state index contributed by atoms with van der Waals surface area (Å²) in [6, 6.07) is 14.3. The van der Waals surface area contributed by atoms with Gasteiger partial charge >= 0.3 is 0 Å². The van der Waals surface area contributed by atoms with E-state index < -0.39 is 0 Å². The molecule has 0 bridgehead atoms. The van der Waals surface area contributed by atoms with Crippen LogP contribution < -0.4 is 9.47 Å². The molecule has 0 heterocycles. The van der Waals surface area contributed by atoms with E-state index in [1.165, 1.54) is 0 Å². The normalized spacial score (nSPS) is 9.90. The summed E-state index contributed by atoms with van der Waals surface area (Å²) in [6.45, 7) is 0. The second-order valence-electron chi connectivity index (χ2n) is 4.21. The van der Waals surface area contributed by atoms with Gasteiger partial charge in [-0.05, 0) is 24.3 Å². The Balaban J connectivity index is 2.29. The molecule has 0 spiro atoms. The lowest BCUT2D eigenvalue weighted by Crippen LogP contribution is -2.14. The minimum atomic E-state index is 0.150. The molecule has 0 saturated heterocycles. The smallest absolute Gasteiger partial charge is 0.119 e. The summed E-state index contributed by atoms with van der Waals surface area (Å²) < 4.78 is 10.3. The van der Waals surface area contributed by atoms with Gasteiger partial charge in [0.05, 0.1) is 25.6 Å². The van der Waals surface area contributed by atoms with Crippen molar-refractivity contribution in [3.05, 3.63) is 59.7 Å². The predicted octanol–water partition coefficient (Wildman–Crippen LogP) is 3.14. The van der Waals surface area contributed by atoms with Gasteiger partial charge in [-0.15, -0.1) is 0 Å². The molecular weight excluding hydrogens is 252 g/mol. The fourth-order valence-electron chi connectivity index (χ4n) is 1.85. The van der Waals surface area contributed by atoms with E-state index in [4.69, 9.17) is 20.3 Å². The van der Waals surface area contributed by atoms with Gasteiger partial charge in [-0.2, -0.15) is 0 Å². The molecule has 0 aromatic heterocycles. The molecule has 2 rings (SSSR count). The number of hydrogen-bond donors (Lipinski definition) is 2. The van der Waals surface area contributed by atoms with Crippen LogP contribution in [-0.2, 0) is 0 Å². The van der Waals surface area contributed by atoms with Crippen LogP contribution in [0.3, 0.4) is 0 Å². The Hall–Kier alpha value is -2.62. The highest BCUT2D eigenvalue weighted by atomic mass is 16.5. The standard InChI is InChI=1S/C16H16N2O2/c1-19-13-7-3-5-11(9-13)15(17)16(18)12-6-4-8-14(10-12)20-2/h3-10,17-18H,1-2H3. The van der Waals surface area contributed by atoms with Crippen LogP contribution >= 0.6 is 0 Å². The van der Waals surface area contributed by atoms with Crippen LogP contribution in [-0.4, -0.2) is 25.6 Å². The Morgan fingerprint density at radius 1 is 0.750 bits per heavy atom. The first-order chi connectivity index (χ1) is 9.65. The largest absolute Gasteiger partial charge is 0.497 e. The van der Waals surface area contributed by atoms with Gasteiger partial charge in [0.25, 0.3) is 0 Å². The van der Waals surface area contributed by atoms with E-state index in [0.29, 0.717) is 22.6 Å². The van der Waals surface area contributed by atoms with E-state index >= 15 is 0 Å². The molecule has 2 aromatic rings. The maximum absolute atomic E-state index is 8.15. The summed E-state index contributed by atoms with van der Waals surface area (Å²) in [7, 11) is 3.16. The first-order valence-corrected chi connectivity index (χ1v) is 6.12. The van der Waals surface area contributed by atoms with Gasteiger partial charge in [0.15, 0.2) is 0 Å². The molecule has 0 radical (unpaired) electrons. The molecule has 4 heteroatoms. The number of methoxy groups -OCH3 is 2. The molecule has 2 N–H and O–H groups in total. The molecule has 0 saturated carbocycles. The van der Waals surface area contributed by atoms with Crippen LogP contribution in [0, 0.1) is 10.8 Å². The van der Waals surface area contributed by atoms with Crippen molar-refractivity contribution in [1.29, 1.82) is 10.8 Å². The Bertz CT molecular complexity index is 593. The Labute approximate surface area is 118 Å². The molecule has 102 valence electrons. The molecule has 0 unspecified atom stereocenters. The molecular formula is C16H16N2O2. The minimum Gasteiger partial charge on any atom is -0.497 e. The van der Waals surface area contributed by atoms with E-state index in [1.54, 1.807) is 38.5 Å². The fraction of sp³-hybridized carbons (Fsp3) is 0.125. The monoisotopic (exact) mass is 268 g/mol. The van der Waals surface area contributed by atoms with Crippen LogP contribution in [0.25, 0.3) is 0 Å². The maximum Gasteiger partial charge on any atom is 0.119 e. The number of rotatable bonds is 5. The summed E-state index contributed by atoms with van der Waals surface area (Å²) in [5, 5.41) is 16.3. The molecule has 0 amide bonds. The number of ether oxygens (including phenoxy) is 2. The lowest BCUT2D eigenvalue weighted by atomic mass is 10.00. The lowest BCUT2D eigenvalue weighted by Gasteiger charge is -2.09. The zero-order chi connectivity index (χ0) is 14.5. The van der Waals surface area contributed by atoms with Gasteiger partial charge in [0, 0.05) is 11.1 Å². The topological polar surface area (TPSA) is 66.2 Å². The zero-order valence-electron chi connectivity index (χ0n) is 11.4. The van der Waals surface area contributed by atoms with Crippen LogP contribution in [0.2, 0.25) is 0 Å². The molecule has 20 heavy (non-hydrogen) atoms. The molecule has 0 atom stereocenters. The van der Waals surface area contributed by atoms with Gasteiger partial charge in [-0.25, -0.2) is 0 Å². The minimum absolute atomic E-state index is 0.150. The van der Waals surface area contributed by atoms with Crippen molar-refractivity contribution in [3.63, 3.8) is 0 Å². The average molecular weight is 268 g/mol. The third-order valence-electron chi connectivity index (χ3n) is 2.97. The highest BCUT2D eigenvalue weighted by Crippen LogP contribution is 2.17. The summed E-state index contributed by atoms with van der Waals surface area (Å²) in [5.74, 6) is 1.34. The third-order valence-corrected chi connectivity index (χ3v) is 2.97. The summed E-state index contributed by atoms with van der Waals surface area (Å²) >= 11 is 0. The maximum atomic E-state index is 8.15. The quantitative estimate of drug-likeness (QED) is 0.818. The average Bonchev–Trinajstić information content (AvgIpc) is 2.53. The highest BCUT2D eigenvalue weighted by molar-refractivity contribution is 6.51. The van der Waals surface area contributed by atoms with E-state index in [2.05, 4.69) is 0 Å². The van der Waals surface area contributed by atoms with Crippen LogP contribution in [0.1, 0.15) is 11.1 Å². The first-order valence-electron chi connectivity index (χ1n) is 6.12. The fourth-order valence-corrected chi connectivity index (χ4v) is 1.85. The lowest BCUT2D eigenvalue weighted by molar-refractivity contribution is 0.414. The Kier molecular flexibility index (Phi) is 4.15. The molecule has 4 nitrogen and oxygen atoms in total. The van der Waals surface area contributed by atoms with Gasteiger partial charge < -0.3 is 9.47 Å². The summed E-state index contributed by atoms with van der Waals surface area (Å²) in [5.41, 5.74) is 1.60. The first kappa shape index (κ1) is 13.8. The van der Waals surface area contributed by atoms with Gasteiger partial charge in [0.1, 0.15) is 11.5 Å². The number of hydrogen-bond acceptors (Lipinski definition) is 4. The Morgan fingerprint density at radius 3 is 1.50 bits per heavy atom.